The topological polar surface area (TPSA) is 74.1 Å². The van der Waals surface area contributed by atoms with E-state index in [1.807, 2.05) is 30.3 Å². The Balaban J connectivity index is 2.70. The second-order valence-electron chi connectivity index (χ2n) is 5.17. The highest BCUT2D eigenvalue weighted by atomic mass is 16.5. The second kappa shape index (κ2) is 9.59. The third kappa shape index (κ3) is 5.58. The Morgan fingerprint density at radius 3 is 2.77 bits per heavy atom. The van der Waals surface area contributed by atoms with Crippen molar-refractivity contribution in [2.45, 2.75) is 26.2 Å². The fraction of sp³-hybridized carbons (Fsp3) is 0.412. The molecule has 0 atom stereocenters. The average Bonchev–Trinajstić information content (AvgIpc) is 2.51. The van der Waals surface area contributed by atoms with Crippen LogP contribution in [0.15, 0.2) is 36.0 Å². The molecule has 0 aliphatic heterocycles. The van der Waals surface area contributed by atoms with E-state index < -0.39 is 5.91 Å². The predicted molar refractivity (Wildman–Crippen MR) is 87.4 cm³/mol. The van der Waals surface area contributed by atoms with Crippen LogP contribution in [0.1, 0.15) is 31.7 Å². The maximum Gasteiger partial charge on any atom is 0.267 e. The number of hydrogen-bond donors (Lipinski definition) is 2. The maximum absolute atomic E-state index is 12.2. The van der Waals surface area contributed by atoms with Crippen molar-refractivity contribution < 1.29 is 9.53 Å². The molecule has 0 fully saturated rings. The normalized spacial score (nSPS) is 11.1. The minimum absolute atomic E-state index is 0.0518. The molecular formula is C17H23N3O2. The van der Waals surface area contributed by atoms with Gasteiger partial charge in [0, 0.05) is 32.1 Å². The van der Waals surface area contributed by atoms with Crippen LogP contribution in [0.2, 0.25) is 0 Å². The Morgan fingerprint density at radius 2 is 2.14 bits per heavy atom. The largest absolute Gasteiger partial charge is 0.390 e. The molecule has 118 valence electrons. The Labute approximate surface area is 132 Å². The van der Waals surface area contributed by atoms with Crippen LogP contribution < -0.4 is 10.6 Å². The fourth-order valence-corrected chi connectivity index (χ4v) is 1.95. The van der Waals surface area contributed by atoms with Gasteiger partial charge in [0.25, 0.3) is 5.91 Å². The van der Waals surface area contributed by atoms with Gasteiger partial charge in [0.2, 0.25) is 0 Å². The molecule has 0 heterocycles. The van der Waals surface area contributed by atoms with Gasteiger partial charge in [0.15, 0.2) is 0 Å². The van der Waals surface area contributed by atoms with Crippen LogP contribution in [-0.2, 0) is 9.53 Å². The van der Waals surface area contributed by atoms with Gasteiger partial charge in [-0.2, -0.15) is 5.26 Å². The van der Waals surface area contributed by atoms with E-state index in [2.05, 4.69) is 24.5 Å². The first-order valence-corrected chi connectivity index (χ1v) is 7.33. The number of anilines is 1. The van der Waals surface area contributed by atoms with Gasteiger partial charge in [-0.05, 0) is 24.0 Å². The molecule has 0 aliphatic rings. The molecule has 1 aromatic rings. The summed E-state index contributed by atoms with van der Waals surface area (Å²) in [6, 6.07) is 9.53. The van der Waals surface area contributed by atoms with Crippen molar-refractivity contribution >= 4 is 11.6 Å². The lowest BCUT2D eigenvalue weighted by molar-refractivity contribution is -0.112. The van der Waals surface area contributed by atoms with E-state index in [9.17, 15) is 4.79 Å². The van der Waals surface area contributed by atoms with Crippen LogP contribution in [0.5, 0.6) is 0 Å². The number of para-hydroxylation sites is 1. The molecule has 1 rings (SSSR count). The van der Waals surface area contributed by atoms with Gasteiger partial charge in [-0.15, -0.1) is 0 Å². The summed E-state index contributed by atoms with van der Waals surface area (Å²) < 4.78 is 4.93. The Bertz CT molecular complexity index is 559. The standard InChI is InChI=1S/C17H23N3O2/c1-13(2)15-7-4-5-8-16(15)20-17(21)14(11-18)12-19-9-6-10-22-3/h4-5,7-8,12-13,19H,6,9-10H2,1-3H3,(H,20,21)/b14-12-. The van der Waals surface area contributed by atoms with E-state index >= 15 is 0 Å². The van der Waals surface area contributed by atoms with Gasteiger partial charge in [-0.25, -0.2) is 0 Å². The van der Waals surface area contributed by atoms with Gasteiger partial charge >= 0.3 is 0 Å². The predicted octanol–water partition coefficient (Wildman–Crippen LogP) is 2.78. The van der Waals surface area contributed by atoms with Crippen LogP contribution in [0.4, 0.5) is 5.69 Å². The number of nitrogens with one attached hydrogen (secondary N) is 2. The highest BCUT2D eigenvalue weighted by Gasteiger charge is 2.12. The first kappa shape index (κ1) is 17.7. The third-order valence-electron chi connectivity index (χ3n) is 3.11. The molecule has 0 aliphatic carbocycles. The summed E-state index contributed by atoms with van der Waals surface area (Å²) in [6.07, 6.45) is 2.26. The first-order chi connectivity index (χ1) is 10.6. The SMILES string of the molecule is COCCCN/C=C(/C#N)C(=O)Nc1ccccc1C(C)C. The Morgan fingerprint density at radius 1 is 1.41 bits per heavy atom. The second-order valence-corrected chi connectivity index (χ2v) is 5.17. The first-order valence-electron chi connectivity index (χ1n) is 7.33. The number of rotatable bonds is 8. The van der Waals surface area contributed by atoms with Gasteiger partial charge in [0.1, 0.15) is 11.6 Å². The highest BCUT2D eigenvalue weighted by Crippen LogP contribution is 2.23. The monoisotopic (exact) mass is 301 g/mol. The van der Waals surface area contributed by atoms with E-state index in [1.165, 1.54) is 6.20 Å². The van der Waals surface area contributed by atoms with E-state index in [0.29, 0.717) is 13.2 Å². The Hall–Kier alpha value is -2.32. The minimum Gasteiger partial charge on any atom is -0.390 e. The third-order valence-corrected chi connectivity index (χ3v) is 3.11. The summed E-state index contributed by atoms with van der Waals surface area (Å²) in [5.41, 5.74) is 1.83. The lowest BCUT2D eigenvalue weighted by atomic mass is 10.0. The number of nitrogens with zero attached hydrogens (tertiary/aromatic N) is 1. The summed E-state index contributed by atoms with van der Waals surface area (Å²) in [7, 11) is 1.64. The van der Waals surface area contributed by atoms with Crippen molar-refractivity contribution in [1.29, 1.82) is 5.26 Å². The van der Waals surface area contributed by atoms with Crippen LogP contribution in [0.3, 0.4) is 0 Å². The zero-order chi connectivity index (χ0) is 16.4. The van der Waals surface area contributed by atoms with Crippen molar-refractivity contribution in [1.82, 2.24) is 5.32 Å². The number of nitriles is 1. The lowest BCUT2D eigenvalue weighted by Gasteiger charge is -2.13. The summed E-state index contributed by atoms with van der Waals surface area (Å²) in [6.45, 7) is 5.40. The van der Waals surface area contributed by atoms with Crippen molar-refractivity contribution in [2.24, 2.45) is 0 Å². The van der Waals surface area contributed by atoms with Crippen molar-refractivity contribution in [3.8, 4) is 6.07 Å². The summed E-state index contributed by atoms with van der Waals surface area (Å²) in [4.78, 5) is 12.2. The average molecular weight is 301 g/mol. The van der Waals surface area contributed by atoms with Gasteiger partial charge < -0.3 is 15.4 Å². The molecule has 1 aromatic carbocycles. The van der Waals surface area contributed by atoms with E-state index in [-0.39, 0.29) is 11.5 Å². The molecular weight excluding hydrogens is 278 g/mol. The van der Waals surface area contributed by atoms with Crippen LogP contribution >= 0.6 is 0 Å². The van der Waals surface area contributed by atoms with Crippen LogP contribution in [-0.4, -0.2) is 26.2 Å². The number of benzene rings is 1. The molecule has 0 spiro atoms. The fourth-order valence-electron chi connectivity index (χ4n) is 1.95. The number of ether oxygens (including phenoxy) is 1. The molecule has 0 unspecified atom stereocenters. The molecule has 1 amide bonds. The van der Waals surface area contributed by atoms with E-state index in [4.69, 9.17) is 10.00 Å². The van der Waals surface area contributed by atoms with Gasteiger partial charge in [0.05, 0.1) is 0 Å². The Kier molecular flexibility index (Phi) is 7.73. The lowest BCUT2D eigenvalue weighted by Crippen LogP contribution is -2.18. The molecule has 0 radical (unpaired) electrons. The molecule has 0 bridgehead atoms. The molecule has 0 aromatic heterocycles. The van der Waals surface area contributed by atoms with Crippen LogP contribution in [0.25, 0.3) is 0 Å². The number of amides is 1. The number of hydrogen-bond acceptors (Lipinski definition) is 4. The van der Waals surface area contributed by atoms with Crippen molar-refractivity contribution in [3.63, 3.8) is 0 Å². The van der Waals surface area contributed by atoms with E-state index in [1.54, 1.807) is 7.11 Å². The molecule has 2 N–H and O–H groups in total. The number of methoxy groups -OCH3 is 1. The molecule has 0 saturated carbocycles. The van der Waals surface area contributed by atoms with Crippen molar-refractivity contribution in [3.05, 3.63) is 41.6 Å². The summed E-state index contributed by atoms with van der Waals surface area (Å²) >= 11 is 0. The van der Waals surface area contributed by atoms with Gasteiger partial charge in [-0.1, -0.05) is 32.0 Å². The van der Waals surface area contributed by atoms with Gasteiger partial charge in [-0.3, -0.25) is 4.79 Å². The zero-order valence-electron chi connectivity index (χ0n) is 13.3. The zero-order valence-corrected chi connectivity index (χ0v) is 13.3. The summed E-state index contributed by atoms with van der Waals surface area (Å²) in [5, 5.41) is 14.9. The van der Waals surface area contributed by atoms with E-state index in [0.717, 1.165) is 17.7 Å². The number of carbonyl (C=O) groups excluding carboxylic acids is 1. The minimum atomic E-state index is -0.408. The quantitative estimate of drug-likeness (QED) is 0.440. The molecule has 5 heteroatoms. The molecule has 5 nitrogen and oxygen atoms in total. The molecule has 22 heavy (non-hydrogen) atoms. The van der Waals surface area contributed by atoms with Crippen LogP contribution in [0, 0.1) is 11.3 Å². The van der Waals surface area contributed by atoms with Crippen molar-refractivity contribution in [2.75, 3.05) is 25.6 Å². The highest BCUT2D eigenvalue weighted by molar-refractivity contribution is 6.06. The maximum atomic E-state index is 12.2. The number of carbonyl (C=O) groups is 1. The smallest absolute Gasteiger partial charge is 0.267 e. The molecule has 0 saturated heterocycles. The summed E-state index contributed by atoms with van der Waals surface area (Å²) in [5.74, 6) is -0.118.